The zero-order chi connectivity index (χ0) is 11.5. The van der Waals surface area contributed by atoms with Gasteiger partial charge in [-0.15, -0.1) is 11.3 Å². The fraction of sp³-hybridized carbons (Fsp3) is 0.231. The highest BCUT2D eigenvalue weighted by Gasteiger charge is 2.21. The molecule has 0 radical (unpaired) electrons. The third-order valence-electron chi connectivity index (χ3n) is 2.66. The zero-order valence-electron chi connectivity index (χ0n) is 9.00. The van der Waals surface area contributed by atoms with Crippen LogP contribution in [0, 0.1) is 6.92 Å². The van der Waals surface area contributed by atoms with E-state index in [4.69, 9.17) is 0 Å². The van der Waals surface area contributed by atoms with E-state index in [1.165, 1.54) is 0 Å². The van der Waals surface area contributed by atoms with E-state index in [1.807, 2.05) is 48.7 Å². The van der Waals surface area contributed by atoms with Gasteiger partial charge in [-0.2, -0.15) is 0 Å². The molecule has 2 rings (SSSR count). The number of aliphatic hydroxyl groups excluding tert-OH is 2. The highest BCUT2D eigenvalue weighted by atomic mass is 32.1. The van der Waals surface area contributed by atoms with Crippen molar-refractivity contribution in [2.45, 2.75) is 19.1 Å². The Labute approximate surface area is 98.8 Å². The van der Waals surface area contributed by atoms with Crippen molar-refractivity contribution >= 4 is 11.3 Å². The second-order valence-corrected chi connectivity index (χ2v) is 4.85. The molecule has 2 unspecified atom stereocenters. The Hall–Kier alpha value is -1.16. The number of rotatable bonds is 3. The molecule has 0 aliphatic rings. The number of aryl methyl sites for hydroxylation is 1. The van der Waals surface area contributed by atoms with Crippen molar-refractivity contribution in [3.05, 3.63) is 57.8 Å². The van der Waals surface area contributed by atoms with Gasteiger partial charge in [-0.3, -0.25) is 0 Å². The number of aliphatic hydroxyl groups is 2. The first kappa shape index (κ1) is 11.3. The molecule has 0 saturated heterocycles. The van der Waals surface area contributed by atoms with Crippen molar-refractivity contribution in [1.29, 1.82) is 0 Å². The second kappa shape index (κ2) is 4.78. The third-order valence-corrected chi connectivity index (χ3v) is 3.52. The van der Waals surface area contributed by atoms with Gasteiger partial charge in [0, 0.05) is 4.88 Å². The quantitative estimate of drug-likeness (QED) is 0.857. The third kappa shape index (κ3) is 2.16. The lowest BCUT2D eigenvalue weighted by Crippen LogP contribution is -2.10. The molecule has 0 aliphatic carbocycles. The van der Waals surface area contributed by atoms with Gasteiger partial charge >= 0.3 is 0 Å². The molecule has 1 aromatic heterocycles. The van der Waals surface area contributed by atoms with Crippen molar-refractivity contribution < 1.29 is 10.2 Å². The Bertz CT molecular complexity index is 450. The Morgan fingerprint density at radius 3 is 2.25 bits per heavy atom. The molecule has 0 amide bonds. The SMILES string of the molecule is Cc1sccc1C(O)C(O)c1ccccc1. The molecular weight excluding hydrogens is 220 g/mol. The van der Waals surface area contributed by atoms with Crippen LogP contribution in [-0.4, -0.2) is 10.2 Å². The van der Waals surface area contributed by atoms with E-state index in [2.05, 4.69) is 0 Å². The Kier molecular flexibility index (Phi) is 3.39. The van der Waals surface area contributed by atoms with Crippen LogP contribution >= 0.6 is 11.3 Å². The smallest absolute Gasteiger partial charge is 0.110 e. The van der Waals surface area contributed by atoms with Gasteiger partial charge in [0.25, 0.3) is 0 Å². The fourth-order valence-corrected chi connectivity index (χ4v) is 2.45. The molecule has 0 aliphatic heterocycles. The fourth-order valence-electron chi connectivity index (χ4n) is 1.70. The number of hydrogen-bond donors (Lipinski definition) is 2. The molecule has 16 heavy (non-hydrogen) atoms. The summed E-state index contributed by atoms with van der Waals surface area (Å²) < 4.78 is 0. The van der Waals surface area contributed by atoms with Crippen molar-refractivity contribution in [2.75, 3.05) is 0 Å². The topological polar surface area (TPSA) is 40.5 Å². The van der Waals surface area contributed by atoms with Gasteiger partial charge in [-0.05, 0) is 29.5 Å². The molecule has 0 bridgehead atoms. The first-order valence-electron chi connectivity index (χ1n) is 5.15. The molecule has 0 spiro atoms. The Balaban J connectivity index is 2.23. The van der Waals surface area contributed by atoms with Crippen LogP contribution in [0.15, 0.2) is 41.8 Å². The Morgan fingerprint density at radius 2 is 1.69 bits per heavy atom. The van der Waals surface area contributed by atoms with Gasteiger partial charge in [0.1, 0.15) is 12.2 Å². The number of thiophene rings is 1. The largest absolute Gasteiger partial charge is 0.385 e. The van der Waals surface area contributed by atoms with Crippen LogP contribution in [0.2, 0.25) is 0 Å². The summed E-state index contributed by atoms with van der Waals surface area (Å²) >= 11 is 1.57. The van der Waals surface area contributed by atoms with Crippen LogP contribution in [0.5, 0.6) is 0 Å². The molecule has 1 aromatic carbocycles. The minimum atomic E-state index is -0.866. The molecule has 2 nitrogen and oxygen atoms in total. The van der Waals surface area contributed by atoms with Crippen LogP contribution in [0.1, 0.15) is 28.2 Å². The number of hydrogen-bond acceptors (Lipinski definition) is 3. The highest BCUT2D eigenvalue weighted by Crippen LogP contribution is 2.32. The average Bonchev–Trinajstić information content (AvgIpc) is 2.75. The molecule has 3 heteroatoms. The first-order chi connectivity index (χ1) is 7.70. The summed E-state index contributed by atoms with van der Waals surface area (Å²) in [6.45, 7) is 1.95. The van der Waals surface area contributed by atoms with Crippen LogP contribution in [-0.2, 0) is 0 Å². The summed E-state index contributed by atoms with van der Waals surface area (Å²) in [5.74, 6) is 0. The van der Waals surface area contributed by atoms with E-state index < -0.39 is 12.2 Å². The minimum Gasteiger partial charge on any atom is -0.385 e. The van der Waals surface area contributed by atoms with Gasteiger partial charge in [0.15, 0.2) is 0 Å². The van der Waals surface area contributed by atoms with E-state index in [0.717, 1.165) is 16.0 Å². The van der Waals surface area contributed by atoms with Crippen LogP contribution in [0.25, 0.3) is 0 Å². The lowest BCUT2D eigenvalue weighted by atomic mass is 9.99. The van der Waals surface area contributed by atoms with Crippen molar-refractivity contribution in [3.8, 4) is 0 Å². The van der Waals surface area contributed by atoms with Crippen LogP contribution in [0.4, 0.5) is 0 Å². The normalized spacial score (nSPS) is 14.7. The van der Waals surface area contributed by atoms with Gasteiger partial charge in [0.05, 0.1) is 0 Å². The van der Waals surface area contributed by atoms with Crippen molar-refractivity contribution in [3.63, 3.8) is 0 Å². The number of benzene rings is 1. The van der Waals surface area contributed by atoms with Crippen LogP contribution < -0.4 is 0 Å². The maximum atomic E-state index is 10.1. The van der Waals surface area contributed by atoms with E-state index in [9.17, 15) is 10.2 Å². The predicted octanol–water partition coefficient (Wildman–Crippen LogP) is 2.82. The van der Waals surface area contributed by atoms with E-state index in [1.54, 1.807) is 11.3 Å². The van der Waals surface area contributed by atoms with Gasteiger partial charge in [-0.1, -0.05) is 30.3 Å². The highest BCUT2D eigenvalue weighted by molar-refractivity contribution is 7.10. The molecule has 84 valence electrons. The molecule has 2 aromatic rings. The maximum absolute atomic E-state index is 10.1. The van der Waals surface area contributed by atoms with Crippen molar-refractivity contribution in [2.24, 2.45) is 0 Å². The van der Waals surface area contributed by atoms with Gasteiger partial charge in [0.2, 0.25) is 0 Å². The van der Waals surface area contributed by atoms with Crippen LogP contribution in [0.3, 0.4) is 0 Å². The summed E-state index contributed by atoms with van der Waals surface area (Å²) in [5.41, 5.74) is 1.54. The zero-order valence-corrected chi connectivity index (χ0v) is 9.82. The van der Waals surface area contributed by atoms with Crippen molar-refractivity contribution in [1.82, 2.24) is 0 Å². The monoisotopic (exact) mass is 234 g/mol. The minimum absolute atomic E-state index is 0.737. The lowest BCUT2D eigenvalue weighted by Gasteiger charge is -2.18. The average molecular weight is 234 g/mol. The van der Waals surface area contributed by atoms with E-state index in [0.29, 0.717) is 0 Å². The molecule has 0 fully saturated rings. The maximum Gasteiger partial charge on any atom is 0.110 e. The molecule has 0 saturated carbocycles. The Morgan fingerprint density at radius 1 is 1.00 bits per heavy atom. The summed E-state index contributed by atoms with van der Waals surface area (Å²) in [7, 11) is 0. The predicted molar refractivity (Wildman–Crippen MR) is 65.4 cm³/mol. The first-order valence-corrected chi connectivity index (χ1v) is 6.03. The molecule has 2 N–H and O–H groups in total. The van der Waals surface area contributed by atoms with Gasteiger partial charge < -0.3 is 10.2 Å². The second-order valence-electron chi connectivity index (χ2n) is 3.73. The lowest BCUT2D eigenvalue weighted by molar-refractivity contribution is 0.0172. The van der Waals surface area contributed by atoms with Gasteiger partial charge in [-0.25, -0.2) is 0 Å². The summed E-state index contributed by atoms with van der Waals surface area (Å²) in [4.78, 5) is 1.04. The standard InChI is InChI=1S/C13H14O2S/c1-9-11(7-8-16-9)13(15)12(14)10-5-3-2-4-6-10/h2-8,12-15H,1H3. The molecular formula is C13H14O2S. The molecule has 1 heterocycles. The summed E-state index contributed by atoms with van der Waals surface area (Å²) in [6, 6.07) is 11.1. The van der Waals surface area contributed by atoms with E-state index in [-0.39, 0.29) is 0 Å². The van der Waals surface area contributed by atoms with E-state index >= 15 is 0 Å². The summed E-state index contributed by atoms with van der Waals surface area (Å²) in [6.07, 6.45) is -1.72. The summed E-state index contributed by atoms with van der Waals surface area (Å²) in [5, 5.41) is 22.0. The molecule has 2 atom stereocenters.